The number of halogens is 1. The molecule has 2 aromatic heterocycles. The molecular weight excluding hydrogens is 334 g/mol. The van der Waals surface area contributed by atoms with Crippen molar-refractivity contribution in [3.63, 3.8) is 0 Å². The molecule has 0 fully saturated rings. The van der Waals surface area contributed by atoms with Crippen LogP contribution in [0.15, 0.2) is 16.7 Å². The molecule has 2 aromatic rings. The maximum atomic E-state index is 12.5. The van der Waals surface area contributed by atoms with Crippen LogP contribution in [0.2, 0.25) is 4.34 Å². The topological polar surface area (TPSA) is 81.2 Å². The van der Waals surface area contributed by atoms with E-state index in [9.17, 15) is 4.79 Å². The zero-order valence-corrected chi connectivity index (χ0v) is 15.0. The number of carbonyl (C=O) groups is 1. The summed E-state index contributed by atoms with van der Waals surface area (Å²) in [5.41, 5.74) is 6.50. The smallest absolute Gasteiger partial charge is 0.259 e. The lowest BCUT2D eigenvalue weighted by Crippen LogP contribution is -2.33. The molecule has 23 heavy (non-hydrogen) atoms. The highest BCUT2D eigenvalue weighted by molar-refractivity contribution is 7.19. The number of hydrogen-bond donors (Lipinski definition) is 2. The normalized spacial score (nSPS) is 12.3. The van der Waals surface area contributed by atoms with Gasteiger partial charge in [-0.2, -0.15) is 0 Å². The quantitative estimate of drug-likeness (QED) is 0.671. The fourth-order valence-corrected chi connectivity index (χ4v) is 3.41. The van der Waals surface area contributed by atoms with Gasteiger partial charge in [0.05, 0.1) is 9.21 Å². The highest BCUT2D eigenvalue weighted by Crippen LogP contribution is 2.34. The van der Waals surface area contributed by atoms with Gasteiger partial charge in [0.15, 0.2) is 0 Å². The van der Waals surface area contributed by atoms with Gasteiger partial charge in [0.1, 0.15) is 11.3 Å². The predicted octanol–water partition coefficient (Wildman–Crippen LogP) is 4.73. The van der Waals surface area contributed by atoms with Gasteiger partial charge in [-0.3, -0.25) is 4.79 Å². The monoisotopic (exact) mass is 355 g/mol. The maximum Gasteiger partial charge on any atom is 0.259 e. The molecule has 126 valence electrons. The maximum absolute atomic E-state index is 12.5. The Morgan fingerprint density at radius 3 is 2.87 bits per heavy atom. The van der Waals surface area contributed by atoms with Crippen LogP contribution in [-0.4, -0.2) is 17.1 Å². The SMILES string of the molecule is CCCCCCC(C)NC(=O)c1c(-c2ccc(Cl)s2)noc1N. The van der Waals surface area contributed by atoms with Gasteiger partial charge in [-0.25, -0.2) is 0 Å². The molecule has 1 unspecified atom stereocenters. The van der Waals surface area contributed by atoms with Crippen LogP contribution in [0.4, 0.5) is 5.88 Å². The summed E-state index contributed by atoms with van der Waals surface area (Å²) in [5.74, 6) is -0.230. The van der Waals surface area contributed by atoms with E-state index in [1.54, 1.807) is 12.1 Å². The summed E-state index contributed by atoms with van der Waals surface area (Å²) in [7, 11) is 0. The van der Waals surface area contributed by atoms with Crippen LogP contribution in [0.1, 0.15) is 56.3 Å². The molecule has 1 amide bonds. The molecule has 7 heteroatoms. The lowest BCUT2D eigenvalue weighted by molar-refractivity contribution is 0.0939. The summed E-state index contributed by atoms with van der Waals surface area (Å²) in [6, 6.07) is 3.63. The zero-order chi connectivity index (χ0) is 16.8. The Kier molecular flexibility index (Phi) is 6.47. The number of aromatic nitrogens is 1. The number of thiophene rings is 1. The van der Waals surface area contributed by atoms with E-state index in [0.717, 1.165) is 17.7 Å². The highest BCUT2D eigenvalue weighted by atomic mass is 35.5. The van der Waals surface area contributed by atoms with Gasteiger partial charge >= 0.3 is 0 Å². The van der Waals surface area contributed by atoms with Crippen molar-refractivity contribution in [2.24, 2.45) is 0 Å². The lowest BCUT2D eigenvalue weighted by Gasteiger charge is -2.13. The number of nitrogen functional groups attached to an aromatic ring is 1. The van der Waals surface area contributed by atoms with Gasteiger partial charge in [0.2, 0.25) is 5.88 Å². The minimum absolute atomic E-state index is 0.0280. The number of rotatable bonds is 8. The number of anilines is 1. The fourth-order valence-electron chi connectivity index (χ4n) is 2.38. The molecule has 0 radical (unpaired) electrons. The summed E-state index contributed by atoms with van der Waals surface area (Å²) >= 11 is 7.28. The fraction of sp³-hybridized carbons (Fsp3) is 0.500. The second-order valence-corrected chi connectivity index (χ2v) is 7.31. The molecular formula is C16H22ClN3O2S. The third kappa shape index (κ3) is 4.72. The second-order valence-electron chi connectivity index (χ2n) is 5.60. The van der Waals surface area contributed by atoms with Gasteiger partial charge in [-0.05, 0) is 25.5 Å². The van der Waals surface area contributed by atoms with Crippen molar-refractivity contribution < 1.29 is 9.32 Å². The van der Waals surface area contributed by atoms with Crippen LogP contribution in [0.5, 0.6) is 0 Å². The average Bonchev–Trinajstić information content (AvgIpc) is 3.09. The Labute approximate surface area is 145 Å². The van der Waals surface area contributed by atoms with Crippen molar-refractivity contribution in [3.05, 3.63) is 22.0 Å². The molecule has 2 heterocycles. The average molecular weight is 356 g/mol. The van der Waals surface area contributed by atoms with Gasteiger partial charge in [0.25, 0.3) is 5.91 Å². The first-order valence-corrected chi connectivity index (χ1v) is 9.04. The van der Waals surface area contributed by atoms with Gasteiger partial charge in [0, 0.05) is 6.04 Å². The number of hydrogen-bond acceptors (Lipinski definition) is 5. The predicted molar refractivity (Wildman–Crippen MR) is 94.9 cm³/mol. The molecule has 0 aliphatic heterocycles. The second kappa shape index (κ2) is 8.36. The van der Waals surface area contributed by atoms with E-state index in [1.165, 1.54) is 30.6 Å². The molecule has 0 bridgehead atoms. The first kappa shape index (κ1) is 17.8. The van der Waals surface area contributed by atoms with E-state index >= 15 is 0 Å². The van der Waals surface area contributed by atoms with E-state index < -0.39 is 0 Å². The minimum atomic E-state index is -0.258. The first-order chi connectivity index (χ1) is 11.0. The van der Waals surface area contributed by atoms with E-state index in [0.29, 0.717) is 10.0 Å². The van der Waals surface area contributed by atoms with Crippen molar-refractivity contribution >= 4 is 34.7 Å². The molecule has 0 spiro atoms. The Morgan fingerprint density at radius 1 is 1.43 bits per heavy atom. The van der Waals surface area contributed by atoms with Crippen molar-refractivity contribution in [3.8, 4) is 10.6 Å². The standard InChI is InChI=1S/C16H22ClN3O2S/c1-3-4-5-6-7-10(2)19-16(21)13-14(20-22-15(13)18)11-8-9-12(17)23-11/h8-10H,3-7,18H2,1-2H3,(H,19,21). The highest BCUT2D eigenvalue weighted by Gasteiger charge is 2.24. The molecule has 0 aromatic carbocycles. The van der Waals surface area contributed by atoms with E-state index in [2.05, 4.69) is 17.4 Å². The van der Waals surface area contributed by atoms with Gasteiger partial charge in [-0.15, -0.1) is 11.3 Å². The van der Waals surface area contributed by atoms with Crippen LogP contribution >= 0.6 is 22.9 Å². The molecule has 2 rings (SSSR count). The number of nitrogens with zero attached hydrogens (tertiary/aromatic N) is 1. The van der Waals surface area contributed by atoms with Crippen LogP contribution < -0.4 is 11.1 Å². The number of amides is 1. The summed E-state index contributed by atoms with van der Waals surface area (Å²) in [6.07, 6.45) is 5.65. The van der Waals surface area contributed by atoms with Crippen molar-refractivity contribution in [1.29, 1.82) is 0 Å². The molecule has 1 atom stereocenters. The van der Waals surface area contributed by atoms with Gasteiger partial charge in [-0.1, -0.05) is 49.4 Å². The summed E-state index contributed by atoms with van der Waals surface area (Å²) in [6.45, 7) is 4.17. The van der Waals surface area contributed by atoms with Crippen molar-refractivity contribution in [2.45, 2.75) is 52.0 Å². The van der Waals surface area contributed by atoms with Crippen molar-refractivity contribution in [1.82, 2.24) is 10.5 Å². The summed E-state index contributed by atoms with van der Waals surface area (Å²) in [5, 5.41) is 6.87. The number of nitrogens with two attached hydrogens (primary N) is 1. The van der Waals surface area contributed by atoms with Crippen LogP contribution in [0.25, 0.3) is 10.6 Å². The van der Waals surface area contributed by atoms with Gasteiger partial charge < -0.3 is 15.6 Å². The third-order valence-electron chi connectivity index (χ3n) is 3.62. The van der Waals surface area contributed by atoms with Crippen LogP contribution in [0, 0.1) is 0 Å². The lowest BCUT2D eigenvalue weighted by atomic mass is 10.1. The van der Waals surface area contributed by atoms with E-state index in [1.807, 2.05) is 6.92 Å². The Bertz CT molecular complexity index is 654. The molecule has 0 saturated carbocycles. The minimum Gasteiger partial charge on any atom is -0.367 e. The molecule has 0 aliphatic rings. The molecule has 0 aliphatic carbocycles. The molecule has 3 N–H and O–H groups in total. The number of unbranched alkanes of at least 4 members (excludes halogenated alkanes) is 3. The van der Waals surface area contributed by atoms with E-state index in [4.69, 9.17) is 21.9 Å². The first-order valence-electron chi connectivity index (χ1n) is 7.84. The molecule has 0 saturated heterocycles. The van der Waals surface area contributed by atoms with Crippen LogP contribution in [-0.2, 0) is 0 Å². The summed E-state index contributed by atoms with van der Waals surface area (Å²) in [4.78, 5) is 13.3. The Hall–Kier alpha value is -1.53. The molecule has 5 nitrogen and oxygen atoms in total. The zero-order valence-electron chi connectivity index (χ0n) is 13.4. The van der Waals surface area contributed by atoms with Crippen LogP contribution in [0.3, 0.4) is 0 Å². The Balaban J connectivity index is 2.03. The number of nitrogens with one attached hydrogen (secondary N) is 1. The van der Waals surface area contributed by atoms with Crippen molar-refractivity contribution in [2.75, 3.05) is 5.73 Å². The largest absolute Gasteiger partial charge is 0.367 e. The number of carbonyl (C=O) groups excluding carboxylic acids is 1. The summed E-state index contributed by atoms with van der Waals surface area (Å²) < 4.78 is 5.63. The Morgan fingerprint density at radius 2 is 2.22 bits per heavy atom. The van der Waals surface area contributed by atoms with E-state index in [-0.39, 0.29) is 23.4 Å². The third-order valence-corrected chi connectivity index (χ3v) is 4.86.